The first-order chi connectivity index (χ1) is 9.49. The number of aromatic hydroxyl groups is 2. The summed E-state index contributed by atoms with van der Waals surface area (Å²) in [6.45, 7) is 5.39. The van der Waals surface area contributed by atoms with E-state index < -0.39 is 17.6 Å². The van der Waals surface area contributed by atoms with E-state index in [0.717, 1.165) is 6.07 Å². The molecular weight excluding hydrogens is 262 g/mol. The molecule has 1 aromatic rings. The molecule has 6 nitrogen and oxygen atoms in total. The molecule has 0 aliphatic carbocycles. The first-order valence-corrected chi connectivity index (χ1v) is 6.07. The number of nitrogens with zero attached hydrogens (tertiary/aromatic N) is 1. The summed E-state index contributed by atoms with van der Waals surface area (Å²) in [6, 6.07) is 3.70. The van der Waals surface area contributed by atoms with E-state index in [0.29, 0.717) is 0 Å². The number of ether oxygens (including phenoxy) is 1. The van der Waals surface area contributed by atoms with Gasteiger partial charge in [0.25, 0.3) is 5.91 Å². The number of rotatable bonds is 6. The molecule has 0 heterocycles. The van der Waals surface area contributed by atoms with Gasteiger partial charge in [-0.2, -0.15) is 0 Å². The van der Waals surface area contributed by atoms with Gasteiger partial charge in [0.05, 0.1) is 6.61 Å². The number of benzene rings is 1. The average Bonchev–Trinajstić information content (AvgIpc) is 2.41. The van der Waals surface area contributed by atoms with Gasteiger partial charge in [-0.05, 0) is 25.1 Å². The standard InChI is InChI=1S/C14H17NO5/c1-3-7-15(9-13(18)20-4-2)14(19)10-5-6-11(16)12(17)8-10/h3,5-6,8,16-17H,1,4,7,9H2,2H3. The van der Waals surface area contributed by atoms with Crippen molar-refractivity contribution in [2.45, 2.75) is 6.92 Å². The zero-order valence-electron chi connectivity index (χ0n) is 11.2. The maximum Gasteiger partial charge on any atom is 0.325 e. The Labute approximate surface area is 116 Å². The van der Waals surface area contributed by atoms with Gasteiger partial charge in [-0.1, -0.05) is 6.08 Å². The van der Waals surface area contributed by atoms with E-state index in [1.165, 1.54) is 23.1 Å². The summed E-state index contributed by atoms with van der Waals surface area (Å²) in [5, 5.41) is 18.6. The van der Waals surface area contributed by atoms with Crippen molar-refractivity contribution >= 4 is 11.9 Å². The second-order valence-electron chi connectivity index (χ2n) is 3.98. The zero-order chi connectivity index (χ0) is 15.1. The molecular formula is C14H17NO5. The van der Waals surface area contributed by atoms with Crippen molar-refractivity contribution in [3.8, 4) is 11.5 Å². The van der Waals surface area contributed by atoms with E-state index in [1.54, 1.807) is 6.92 Å². The van der Waals surface area contributed by atoms with E-state index in [1.807, 2.05) is 0 Å². The topological polar surface area (TPSA) is 87.1 Å². The maximum atomic E-state index is 12.2. The number of phenols is 2. The first kappa shape index (κ1) is 15.6. The number of hydrogen-bond acceptors (Lipinski definition) is 5. The van der Waals surface area contributed by atoms with Crippen LogP contribution in [0.1, 0.15) is 17.3 Å². The minimum atomic E-state index is -0.522. The van der Waals surface area contributed by atoms with Crippen LogP contribution in [0.5, 0.6) is 11.5 Å². The smallest absolute Gasteiger partial charge is 0.325 e. The molecule has 0 aliphatic rings. The number of amides is 1. The third-order valence-electron chi connectivity index (χ3n) is 2.48. The van der Waals surface area contributed by atoms with E-state index in [-0.39, 0.29) is 31.0 Å². The van der Waals surface area contributed by atoms with E-state index in [9.17, 15) is 19.8 Å². The fourth-order valence-corrected chi connectivity index (χ4v) is 1.58. The molecule has 0 fully saturated rings. The summed E-state index contributed by atoms with van der Waals surface area (Å²) in [7, 11) is 0. The van der Waals surface area contributed by atoms with Gasteiger partial charge in [0.1, 0.15) is 6.54 Å². The Kier molecular flexibility index (Phi) is 5.58. The van der Waals surface area contributed by atoms with Crippen LogP contribution in [0.25, 0.3) is 0 Å². The maximum absolute atomic E-state index is 12.2. The van der Waals surface area contributed by atoms with E-state index in [2.05, 4.69) is 6.58 Å². The molecule has 1 rings (SSSR count). The Balaban J connectivity index is 2.89. The summed E-state index contributed by atoms with van der Waals surface area (Å²) in [5.41, 5.74) is 0.159. The molecule has 20 heavy (non-hydrogen) atoms. The van der Waals surface area contributed by atoms with Crippen molar-refractivity contribution in [2.75, 3.05) is 19.7 Å². The van der Waals surface area contributed by atoms with Crippen molar-refractivity contribution < 1.29 is 24.5 Å². The van der Waals surface area contributed by atoms with Crippen molar-refractivity contribution in [1.82, 2.24) is 4.90 Å². The molecule has 108 valence electrons. The van der Waals surface area contributed by atoms with Crippen LogP contribution in [0, 0.1) is 0 Å². The van der Waals surface area contributed by atoms with Gasteiger partial charge in [-0.15, -0.1) is 6.58 Å². The molecule has 0 radical (unpaired) electrons. The van der Waals surface area contributed by atoms with Gasteiger partial charge in [-0.3, -0.25) is 9.59 Å². The van der Waals surface area contributed by atoms with Crippen molar-refractivity contribution in [2.24, 2.45) is 0 Å². The van der Waals surface area contributed by atoms with E-state index in [4.69, 9.17) is 4.74 Å². The van der Waals surface area contributed by atoms with Crippen LogP contribution in [-0.2, 0) is 9.53 Å². The lowest BCUT2D eigenvalue weighted by Gasteiger charge is -2.20. The summed E-state index contributed by atoms with van der Waals surface area (Å²) < 4.78 is 4.79. The molecule has 1 amide bonds. The molecule has 0 atom stereocenters. The Morgan fingerprint density at radius 1 is 1.35 bits per heavy atom. The van der Waals surface area contributed by atoms with Crippen LogP contribution in [0.3, 0.4) is 0 Å². The summed E-state index contributed by atoms with van der Waals surface area (Å²) in [5.74, 6) is -1.70. The highest BCUT2D eigenvalue weighted by Crippen LogP contribution is 2.25. The SMILES string of the molecule is C=CCN(CC(=O)OCC)C(=O)c1ccc(O)c(O)c1. The lowest BCUT2D eigenvalue weighted by atomic mass is 10.1. The minimum Gasteiger partial charge on any atom is -0.504 e. The molecule has 0 saturated carbocycles. The minimum absolute atomic E-state index is 0.159. The first-order valence-electron chi connectivity index (χ1n) is 6.07. The van der Waals surface area contributed by atoms with Gasteiger partial charge >= 0.3 is 5.97 Å². The van der Waals surface area contributed by atoms with Gasteiger partial charge in [-0.25, -0.2) is 0 Å². The molecule has 0 spiro atoms. The molecule has 0 unspecified atom stereocenters. The molecule has 0 saturated heterocycles. The Morgan fingerprint density at radius 2 is 2.05 bits per heavy atom. The normalized spacial score (nSPS) is 9.85. The number of hydrogen-bond donors (Lipinski definition) is 2. The highest BCUT2D eigenvalue weighted by Gasteiger charge is 2.19. The van der Waals surface area contributed by atoms with Crippen molar-refractivity contribution in [1.29, 1.82) is 0 Å². The monoisotopic (exact) mass is 279 g/mol. The predicted octanol–water partition coefficient (Wildman–Crippen LogP) is 1.29. The molecule has 2 N–H and O–H groups in total. The molecule has 0 bridgehead atoms. The largest absolute Gasteiger partial charge is 0.504 e. The Morgan fingerprint density at radius 3 is 2.60 bits per heavy atom. The molecule has 1 aromatic carbocycles. The summed E-state index contributed by atoms with van der Waals surface area (Å²) >= 11 is 0. The van der Waals surface area contributed by atoms with Crippen LogP contribution < -0.4 is 0 Å². The highest BCUT2D eigenvalue weighted by atomic mass is 16.5. The van der Waals surface area contributed by atoms with E-state index >= 15 is 0 Å². The Bertz CT molecular complexity index is 512. The summed E-state index contributed by atoms with van der Waals surface area (Å²) in [4.78, 5) is 24.9. The van der Waals surface area contributed by atoms with Crippen LogP contribution in [-0.4, -0.2) is 46.7 Å². The van der Waals surface area contributed by atoms with Crippen LogP contribution >= 0.6 is 0 Å². The number of carbonyl (C=O) groups excluding carboxylic acids is 2. The van der Waals surface area contributed by atoms with Gasteiger partial charge < -0.3 is 19.8 Å². The van der Waals surface area contributed by atoms with Crippen molar-refractivity contribution in [3.05, 3.63) is 36.4 Å². The van der Waals surface area contributed by atoms with Crippen LogP contribution in [0.2, 0.25) is 0 Å². The van der Waals surface area contributed by atoms with Gasteiger partial charge in [0.15, 0.2) is 11.5 Å². The lowest BCUT2D eigenvalue weighted by molar-refractivity contribution is -0.143. The fraction of sp³-hybridized carbons (Fsp3) is 0.286. The average molecular weight is 279 g/mol. The fourth-order valence-electron chi connectivity index (χ4n) is 1.58. The second-order valence-corrected chi connectivity index (χ2v) is 3.98. The molecule has 6 heteroatoms. The second kappa shape index (κ2) is 7.18. The number of carbonyl (C=O) groups is 2. The quantitative estimate of drug-likeness (QED) is 0.465. The van der Waals surface area contributed by atoms with Crippen LogP contribution in [0.15, 0.2) is 30.9 Å². The van der Waals surface area contributed by atoms with Gasteiger partial charge in [0, 0.05) is 12.1 Å². The Hall–Kier alpha value is -2.50. The van der Waals surface area contributed by atoms with Crippen LogP contribution in [0.4, 0.5) is 0 Å². The van der Waals surface area contributed by atoms with Crippen molar-refractivity contribution in [3.63, 3.8) is 0 Å². The number of phenolic OH excluding ortho intramolecular Hbond substituents is 2. The summed E-state index contributed by atoms with van der Waals surface area (Å²) in [6.07, 6.45) is 1.48. The number of esters is 1. The van der Waals surface area contributed by atoms with Gasteiger partial charge in [0.2, 0.25) is 0 Å². The molecule has 0 aliphatic heterocycles. The predicted molar refractivity (Wildman–Crippen MR) is 72.5 cm³/mol. The zero-order valence-corrected chi connectivity index (χ0v) is 11.2. The molecule has 0 aromatic heterocycles. The third kappa shape index (κ3) is 4.01. The lowest BCUT2D eigenvalue weighted by Crippen LogP contribution is -2.36. The highest BCUT2D eigenvalue weighted by molar-refractivity contribution is 5.96. The third-order valence-corrected chi connectivity index (χ3v) is 2.48.